The monoisotopic (exact) mass is 376 g/mol. The van der Waals surface area contributed by atoms with Gasteiger partial charge in [-0.15, -0.1) is 0 Å². The normalized spacial score (nSPS) is 51.9. The Kier molecular flexibility index (Phi) is 4.27. The molecular formula is C22H32O5. The zero-order valence-corrected chi connectivity index (χ0v) is 16.6. The molecule has 0 unspecified atom stereocenters. The van der Waals surface area contributed by atoms with Crippen molar-refractivity contribution in [3.05, 3.63) is 11.6 Å². The lowest BCUT2D eigenvalue weighted by Crippen LogP contribution is -2.62. The van der Waals surface area contributed by atoms with Crippen LogP contribution in [0.5, 0.6) is 0 Å². The highest BCUT2D eigenvalue weighted by molar-refractivity contribution is 5.92. The van der Waals surface area contributed by atoms with Crippen LogP contribution in [0.2, 0.25) is 0 Å². The standard InChI is InChI=1S/C22H32O5/c1-12-8-14-15-5-7-22(27,18(26)11-23)21(15,3)10-17(25)19(14)20(2)6-4-13(24)9-16(12)20/h9,12,14-15,17,19,23,25,27H,4-8,10-11H2,1-3H3/t12-,14+,15+,17+,19-,20+,21+,22-/m1/s1. The Hall–Kier alpha value is -1.04. The molecule has 0 spiro atoms. The number of allylic oxidation sites excluding steroid dienone is 1. The van der Waals surface area contributed by atoms with Gasteiger partial charge in [-0.2, -0.15) is 0 Å². The molecule has 27 heavy (non-hydrogen) atoms. The number of aliphatic hydroxyl groups excluding tert-OH is 2. The summed E-state index contributed by atoms with van der Waals surface area (Å²) in [5, 5.41) is 31.9. The first kappa shape index (κ1) is 19.3. The molecule has 0 aromatic rings. The first-order valence-electron chi connectivity index (χ1n) is 10.4. The first-order valence-corrected chi connectivity index (χ1v) is 10.4. The van der Waals surface area contributed by atoms with Crippen molar-refractivity contribution in [2.45, 2.75) is 71.0 Å². The molecule has 3 fully saturated rings. The van der Waals surface area contributed by atoms with Crippen LogP contribution < -0.4 is 0 Å². The minimum atomic E-state index is -1.55. The van der Waals surface area contributed by atoms with Gasteiger partial charge in [0.2, 0.25) is 0 Å². The summed E-state index contributed by atoms with van der Waals surface area (Å²) in [7, 11) is 0. The van der Waals surface area contributed by atoms with Gasteiger partial charge in [0, 0.05) is 11.8 Å². The lowest BCUT2D eigenvalue weighted by atomic mass is 9.44. The highest BCUT2D eigenvalue weighted by atomic mass is 16.3. The molecule has 150 valence electrons. The van der Waals surface area contributed by atoms with Crippen LogP contribution >= 0.6 is 0 Å². The Balaban J connectivity index is 1.77. The summed E-state index contributed by atoms with van der Waals surface area (Å²) in [5.41, 5.74) is -1.28. The van der Waals surface area contributed by atoms with E-state index in [0.717, 1.165) is 19.3 Å². The molecule has 3 N–H and O–H groups in total. The van der Waals surface area contributed by atoms with E-state index in [-0.39, 0.29) is 34.9 Å². The van der Waals surface area contributed by atoms with E-state index in [1.807, 2.05) is 13.0 Å². The molecule has 0 aliphatic heterocycles. The highest BCUT2D eigenvalue weighted by Gasteiger charge is 2.68. The number of fused-ring (bicyclic) bond motifs is 5. The first-order chi connectivity index (χ1) is 12.6. The van der Waals surface area contributed by atoms with Gasteiger partial charge in [-0.1, -0.05) is 26.3 Å². The van der Waals surface area contributed by atoms with Gasteiger partial charge in [0.05, 0.1) is 6.10 Å². The fourth-order valence-electron chi connectivity index (χ4n) is 7.71. The lowest BCUT2D eigenvalue weighted by molar-refractivity contribution is -0.184. The van der Waals surface area contributed by atoms with Crippen molar-refractivity contribution < 1.29 is 24.9 Å². The minimum Gasteiger partial charge on any atom is -0.393 e. The molecule has 4 aliphatic carbocycles. The van der Waals surface area contributed by atoms with E-state index in [2.05, 4.69) is 13.8 Å². The number of ketones is 2. The molecule has 0 aromatic heterocycles. The third-order valence-corrected chi connectivity index (χ3v) is 8.97. The average Bonchev–Trinajstić information content (AvgIpc) is 2.87. The van der Waals surface area contributed by atoms with E-state index in [1.165, 1.54) is 5.57 Å². The summed E-state index contributed by atoms with van der Waals surface area (Å²) in [6, 6.07) is 0. The summed E-state index contributed by atoms with van der Waals surface area (Å²) >= 11 is 0. The maximum atomic E-state index is 12.4. The van der Waals surface area contributed by atoms with Crippen molar-refractivity contribution in [2.75, 3.05) is 6.61 Å². The summed E-state index contributed by atoms with van der Waals surface area (Å²) in [5.74, 6) is 0.341. The second kappa shape index (κ2) is 5.98. The molecule has 0 heterocycles. The van der Waals surface area contributed by atoms with Crippen LogP contribution in [-0.2, 0) is 9.59 Å². The maximum Gasteiger partial charge on any atom is 0.190 e. The Bertz CT molecular complexity index is 713. The van der Waals surface area contributed by atoms with Crippen molar-refractivity contribution in [2.24, 2.45) is 34.5 Å². The summed E-state index contributed by atoms with van der Waals surface area (Å²) in [6.07, 6.45) is 4.84. The van der Waals surface area contributed by atoms with Crippen LogP contribution in [0.3, 0.4) is 0 Å². The second-order valence-electron chi connectivity index (χ2n) is 10.1. The maximum absolute atomic E-state index is 12.4. The van der Waals surface area contributed by atoms with Gasteiger partial charge < -0.3 is 15.3 Å². The van der Waals surface area contributed by atoms with Gasteiger partial charge in [0.25, 0.3) is 0 Å². The number of carbonyl (C=O) groups is 2. The van der Waals surface area contributed by atoms with Gasteiger partial charge in [-0.25, -0.2) is 0 Å². The zero-order valence-electron chi connectivity index (χ0n) is 16.6. The predicted molar refractivity (Wildman–Crippen MR) is 99.7 cm³/mol. The number of carbonyl (C=O) groups excluding carboxylic acids is 2. The predicted octanol–water partition coefficient (Wildman–Crippen LogP) is 2.03. The Morgan fingerprint density at radius 1 is 1.30 bits per heavy atom. The Labute approximate surface area is 160 Å². The zero-order chi connectivity index (χ0) is 19.8. The van der Waals surface area contributed by atoms with E-state index in [4.69, 9.17) is 0 Å². The van der Waals surface area contributed by atoms with Crippen molar-refractivity contribution in [3.8, 4) is 0 Å². The number of rotatable bonds is 2. The van der Waals surface area contributed by atoms with Crippen molar-refractivity contribution in [1.82, 2.24) is 0 Å². The second-order valence-corrected chi connectivity index (χ2v) is 10.1. The Morgan fingerprint density at radius 3 is 2.67 bits per heavy atom. The smallest absolute Gasteiger partial charge is 0.190 e. The summed E-state index contributed by atoms with van der Waals surface area (Å²) in [4.78, 5) is 24.5. The van der Waals surface area contributed by atoms with Crippen LogP contribution in [0.15, 0.2) is 11.6 Å². The number of aliphatic hydroxyl groups is 3. The number of hydrogen-bond donors (Lipinski definition) is 3. The van der Waals surface area contributed by atoms with Crippen LogP contribution in [0, 0.1) is 34.5 Å². The van der Waals surface area contributed by atoms with Crippen LogP contribution in [0.25, 0.3) is 0 Å². The molecule has 0 bridgehead atoms. The van der Waals surface area contributed by atoms with Gasteiger partial charge >= 0.3 is 0 Å². The lowest BCUT2D eigenvalue weighted by Gasteiger charge is -2.61. The fourth-order valence-corrected chi connectivity index (χ4v) is 7.71. The molecule has 0 radical (unpaired) electrons. The summed E-state index contributed by atoms with van der Waals surface area (Å²) in [6.45, 7) is 5.63. The largest absolute Gasteiger partial charge is 0.393 e. The Morgan fingerprint density at radius 2 is 2.00 bits per heavy atom. The molecule has 4 aliphatic rings. The number of hydrogen-bond acceptors (Lipinski definition) is 5. The van der Waals surface area contributed by atoms with Crippen LogP contribution in [0.4, 0.5) is 0 Å². The molecule has 4 rings (SSSR count). The molecule has 0 aromatic carbocycles. The van der Waals surface area contributed by atoms with Gasteiger partial charge in [-0.3, -0.25) is 9.59 Å². The van der Waals surface area contributed by atoms with Crippen molar-refractivity contribution in [3.63, 3.8) is 0 Å². The molecule has 0 amide bonds. The van der Waals surface area contributed by atoms with Gasteiger partial charge in [0.1, 0.15) is 12.2 Å². The summed E-state index contributed by atoms with van der Waals surface area (Å²) < 4.78 is 0. The van der Waals surface area contributed by atoms with E-state index in [0.29, 0.717) is 19.3 Å². The highest BCUT2D eigenvalue weighted by Crippen LogP contribution is 2.68. The van der Waals surface area contributed by atoms with E-state index in [9.17, 15) is 24.9 Å². The van der Waals surface area contributed by atoms with E-state index < -0.39 is 29.5 Å². The quantitative estimate of drug-likeness (QED) is 0.685. The topological polar surface area (TPSA) is 94.8 Å². The third kappa shape index (κ3) is 2.34. The molecule has 5 heteroatoms. The van der Waals surface area contributed by atoms with Crippen molar-refractivity contribution in [1.29, 1.82) is 0 Å². The fraction of sp³-hybridized carbons (Fsp3) is 0.818. The molecule has 3 saturated carbocycles. The molecular weight excluding hydrogens is 344 g/mol. The minimum absolute atomic E-state index is 0.0534. The molecule has 5 nitrogen and oxygen atoms in total. The molecule has 0 saturated heterocycles. The van der Waals surface area contributed by atoms with Gasteiger partial charge in [-0.05, 0) is 67.3 Å². The van der Waals surface area contributed by atoms with Crippen molar-refractivity contribution >= 4 is 11.6 Å². The van der Waals surface area contributed by atoms with Gasteiger partial charge in [0.15, 0.2) is 11.6 Å². The number of Topliss-reactive ketones (excluding diaryl/α,β-unsaturated/α-hetero) is 1. The molecule has 8 atom stereocenters. The third-order valence-electron chi connectivity index (χ3n) is 8.97. The van der Waals surface area contributed by atoms with Crippen LogP contribution in [0.1, 0.15) is 59.3 Å². The van der Waals surface area contributed by atoms with E-state index >= 15 is 0 Å². The van der Waals surface area contributed by atoms with Crippen LogP contribution in [-0.4, -0.2) is 45.2 Å². The van der Waals surface area contributed by atoms with E-state index in [1.54, 1.807) is 0 Å². The SMILES string of the molecule is C[C@@H]1C[C@@H]2[C@H]([C@@H](O)C[C@@]3(C)[C@H]2CC[C@@]3(O)C(=O)CO)[C@@]2(C)CCC(=O)C=C12. The average molecular weight is 376 g/mol.